The van der Waals surface area contributed by atoms with Crippen molar-refractivity contribution in [2.24, 2.45) is 7.05 Å². The number of pyridine rings is 1. The molecule has 30 heavy (non-hydrogen) atoms. The first kappa shape index (κ1) is 18.4. The fraction of sp³-hybridized carbons (Fsp3) is 0.208. The summed E-state index contributed by atoms with van der Waals surface area (Å²) in [4.78, 5) is 17.4. The number of nitrogens with zero attached hydrogens (tertiary/aromatic N) is 3. The molecule has 0 saturated heterocycles. The number of nitrogens with one attached hydrogen (secondary N) is 1. The van der Waals surface area contributed by atoms with Crippen molar-refractivity contribution in [2.45, 2.75) is 25.2 Å². The molecular formula is C24H23N5O. The number of rotatable bonds is 4. The predicted octanol–water partition coefficient (Wildman–Crippen LogP) is 4.20. The number of hydrogen-bond acceptors (Lipinski definition) is 4. The van der Waals surface area contributed by atoms with Crippen molar-refractivity contribution in [3.63, 3.8) is 0 Å². The summed E-state index contributed by atoms with van der Waals surface area (Å²) in [5.74, 6) is 0.519. The molecule has 1 fully saturated rings. The molecule has 1 amide bonds. The smallest absolute Gasteiger partial charge is 0.235 e. The number of benzene rings is 2. The van der Waals surface area contributed by atoms with Crippen molar-refractivity contribution >= 4 is 28.4 Å². The first-order chi connectivity index (χ1) is 14.5. The summed E-state index contributed by atoms with van der Waals surface area (Å²) in [6, 6.07) is 18.0. The number of anilines is 2. The summed E-state index contributed by atoms with van der Waals surface area (Å²) in [6.07, 6.45) is 3.53. The Morgan fingerprint density at radius 2 is 1.90 bits per heavy atom. The molecule has 150 valence electrons. The molecule has 0 atom stereocenters. The lowest BCUT2D eigenvalue weighted by molar-refractivity contribution is -0.118. The molecule has 0 aliphatic heterocycles. The summed E-state index contributed by atoms with van der Waals surface area (Å²) < 4.78 is 1.68. The van der Waals surface area contributed by atoms with Crippen LogP contribution in [0.4, 0.5) is 11.5 Å². The van der Waals surface area contributed by atoms with Crippen LogP contribution in [0.15, 0.2) is 60.8 Å². The van der Waals surface area contributed by atoms with E-state index in [2.05, 4.69) is 40.5 Å². The van der Waals surface area contributed by atoms with Crippen molar-refractivity contribution in [3.8, 4) is 11.1 Å². The van der Waals surface area contributed by atoms with Crippen LogP contribution in [0.3, 0.4) is 0 Å². The topological polar surface area (TPSA) is 85.8 Å². The number of nitrogens with two attached hydrogens (primary N) is 1. The molecule has 4 aromatic rings. The van der Waals surface area contributed by atoms with Crippen molar-refractivity contribution in [1.82, 2.24) is 14.8 Å². The second-order valence-electron chi connectivity index (χ2n) is 8.05. The molecule has 1 aliphatic rings. The van der Waals surface area contributed by atoms with Crippen molar-refractivity contribution in [2.75, 3.05) is 11.1 Å². The SMILES string of the molecule is Cc1cccc(C2(C(=O)Nc3ccc(-c4ccnc5c4c(N)nn5C)cc3)CC2)c1. The average molecular weight is 397 g/mol. The van der Waals surface area contributed by atoms with Gasteiger partial charge in [-0.2, -0.15) is 5.10 Å². The van der Waals surface area contributed by atoms with Crippen LogP contribution in [0.1, 0.15) is 24.0 Å². The Hall–Kier alpha value is -3.67. The molecule has 2 aromatic heterocycles. The Morgan fingerprint density at radius 1 is 1.13 bits per heavy atom. The van der Waals surface area contributed by atoms with Gasteiger partial charge in [0.25, 0.3) is 0 Å². The van der Waals surface area contributed by atoms with Crippen molar-refractivity contribution in [3.05, 3.63) is 71.9 Å². The zero-order chi connectivity index (χ0) is 20.9. The lowest BCUT2D eigenvalue weighted by Crippen LogP contribution is -2.27. The van der Waals surface area contributed by atoms with E-state index in [1.807, 2.05) is 43.4 Å². The third-order valence-electron chi connectivity index (χ3n) is 5.96. The lowest BCUT2D eigenvalue weighted by Gasteiger charge is -2.16. The molecule has 0 bridgehead atoms. The van der Waals surface area contributed by atoms with E-state index >= 15 is 0 Å². The van der Waals surface area contributed by atoms with Gasteiger partial charge in [-0.05, 0) is 54.7 Å². The first-order valence-corrected chi connectivity index (χ1v) is 10.0. The zero-order valence-electron chi connectivity index (χ0n) is 17.0. The quantitative estimate of drug-likeness (QED) is 0.540. The molecule has 6 nitrogen and oxygen atoms in total. The fourth-order valence-corrected chi connectivity index (χ4v) is 4.15. The number of aromatic nitrogens is 3. The largest absolute Gasteiger partial charge is 0.382 e. The second kappa shape index (κ2) is 6.69. The van der Waals surface area contributed by atoms with Crippen LogP contribution in [-0.2, 0) is 17.3 Å². The molecule has 1 saturated carbocycles. The number of carbonyl (C=O) groups is 1. The van der Waals surface area contributed by atoms with Crippen LogP contribution >= 0.6 is 0 Å². The van der Waals surface area contributed by atoms with Gasteiger partial charge in [-0.1, -0.05) is 42.0 Å². The molecule has 1 aliphatic carbocycles. The number of fused-ring (bicyclic) bond motifs is 1. The number of aryl methyl sites for hydroxylation is 2. The first-order valence-electron chi connectivity index (χ1n) is 10.0. The van der Waals surface area contributed by atoms with Crippen LogP contribution in [0.2, 0.25) is 0 Å². The zero-order valence-corrected chi connectivity index (χ0v) is 17.0. The van der Waals surface area contributed by atoms with Crippen molar-refractivity contribution < 1.29 is 4.79 Å². The summed E-state index contributed by atoms with van der Waals surface area (Å²) in [7, 11) is 1.83. The number of amides is 1. The van der Waals surface area contributed by atoms with E-state index in [4.69, 9.17) is 5.73 Å². The maximum atomic E-state index is 13.0. The molecule has 3 N–H and O–H groups in total. The molecule has 2 heterocycles. The lowest BCUT2D eigenvalue weighted by atomic mass is 9.93. The molecule has 5 rings (SSSR count). The minimum atomic E-state index is -0.397. The highest BCUT2D eigenvalue weighted by Crippen LogP contribution is 2.49. The van der Waals surface area contributed by atoms with Gasteiger partial charge in [-0.25, -0.2) is 9.67 Å². The van der Waals surface area contributed by atoms with E-state index in [-0.39, 0.29) is 5.91 Å². The van der Waals surface area contributed by atoms with E-state index < -0.39 is 5.41 Å². The van der Waals surface area contributed by atoms with Crippen LogP contribution in [0, 0.1) is 6.92 Å². The van der Waals surface area contributed by atoms with Crippen LogP contribution in [0.25, 0.3) is 22.2 Å². The average Bonchev–Trinajstić information content (AvgIpc) is 3.50. The molecule has 0 radical (unpaired) electrons. The Labute approximate surface area is 174 Å². The number of carbonyl (C=O) groups excluding carboxylic acids is 1. The van der Waals surface area contributed by atoms with E-state index in [9.17, 15) is 4.79 Å². The van der Waals surface area contributed by atoms with Crippen LogP contribution in [-0.4, -0.2) is 20.7 Å². The molecular weight excluding hydrogens is 374 g/mol. The maximum Gasteiger partial charge on any atom is 0.235 e. The highest BCUT2D eigenvalue weighted by molar-refractivity contribution is 6.02. The second-order valence-corrected chi connectivity index (χ2v) is 8.05. The normalized spacial score (nSPS) is 14.6. The van der Waals surface area contributed by atoms with E-state index in [1.54, 1.807) is 10.9 Å². The number of hydrogen-bond donors (Lipinski definition) is 2. The van der Waals surface area contributed by atoms with Gasteiger partial charge < -0.3 is 11.1 Å². The summed E-state index contributed by atoms with van der Waals surface area (Å²) in [6.45, 7) is 2.06. The Bertz CT molecular complexity index is 1270. The minimum Gasteiger partial charge on any atom is -0.382 e. The summed E-state index contributed by atoms with van der Waals surface area (Å²) >= 11 is 0. The maximum absolute atomic E-state index is 13.0. The van der Waals surface area contributed by atoms with Gasteiger partial charge in [0.05, 0.1) is 10.8 Å². The van der Waals surface area contributed by atoms with Crippen LogP contribution < -0.4 is 11.1 Å². The summed E-state index contributed by atoms with van der Waals surface area (Å²) in [5.41, 5.74) is 11.5. The molecule has 0 spiro atoms. The van der Waals surface area contributed by atoms with Gasteiger partial charge in [0, 0.05) is 18.9 Å². The molecule has 0 unspecified atom stereocenters. The highest BCUT2D eigenvalue weighted by atomic mass is 16.2. The predicted molar refractivity (Wildman–Crippen MR) is 119 cm³/mol. The van der Waals surface area contributed by atoms with Gasteiger partial charge in [0.15, 0.2) is 11.5 Å². The Balaban J connectivity index is 1.41. The molecule has 2 aromatic carbocycles. The monoisotopic (exact) mass is 397 g/mol. The van der Waals surface area contributed by atoms with Gasteiger partial charge in [-0.15, -0.1) is 0 Å². The van der Waals surface area contributed by atoms with Gasteiger partial charge in [0.1, 0.15) is 0 Å². The van der Waals surface area contributed by atoms with E-state index in [0.29, 0.717) is 5.82 Å². The Kier molecular flexibility index (Phi) is 4.10. The van der Waals surface area contributed by atoms with E-state index in [0.717, 1.165) is 46.3 Å². The van der Waals surface area contributed by atoms with Gasteiger partial charge in [0.2, 0.25) is 5.91 Å². The minimum absolute atomic E-state index is 0.0589. The third kappa shape index (κ3) is 2.92. The van der Waals surface area contributed by atoms with E-state index in [1.165, 1.54) is 5.56 Å². The fourth-order valence-electron chi connectivity index (χ4n) is 4.15. The highest BCUT2D eigenvalue weighted by Gasteiger charge is 2.51. The van der Waals surface area contributed by atoms with Crippen molar-refractivity contribution in [1.29, 1.82) is 0 Å². The third-order valence-corrected chi connectivity index (χ3v) is 5.96. The van der Waals surface area contributed by atoms with Gasteiger partial charge >= 0.3 is 0 Å². The summed E-state index contributed by atoms with van der Waals surface area (Å²) in [5, 5.41) is 8.22. The standard InChI is InChI=1S/C24H23N5O/c1-15-4-3-5-17(14-15)24(11-12-24)23(30)27-18-8-6-16(7-9-18)19-10-13-26-22-20(19)21(25)28-29(22)2/h3-10,13-14H,11-12H2,1-2H3,(H2,25,28)(H,27,30). The number of nitrogen functional groups attached to an aromatic ring is 1. The Morgan fingerprint density at radius 3 is 2.60 bits per heavy atom. The van der Waals surface area contributed by atoms with Crippen LogP contribution in [0.5, 0.6) is 0 Å². The van der Waals surface area contributed by atoms with Gasteiger partial charge in [-0.3, -0.25) is 4.79 Å². The molecule has 6 heteroatoms.